The first kappa shape index (κ1) is 82.0. The molecule has 0 aromatic rings. The predicted molar refractivity (Wildman–Crippen MR) is 359 cm³/mol. The molecule has 22 nitrogen and oxygen atoms in total. The largest absolute Gasteiger partial charge is 0.393 e. The number of nitrogens with zero attached hydrogens (tertiary/aromatic N) is 8. The van der Waals surface area contributed by atoms with E-state index in [2.05, 4.69) is 16.0 Å². The maximum Gasteiger partial charge on any atom is 0.393 e. The van der Waals surface area contributed by atoms with Gasteiger partial charge in [0.2, 0.25) is 65.0 Å². The van der Waals surface area contributed by atoms with Crippen LogP contribution in [0.25, 0.3) is 0 Å². The molecule has 0 radical (unpaired) electrons. The average molecular weight is 1430 g/mol. The highest BCUT2D eigenvalue weighted by Crippen LogP contribution is 2.45. The van der Waals surface area contributed by atoms with Crippen molar-refractivity contribution in [3.63, 3.8) is 0 Å². The highest BCUT2D eigenvalue weighted by molar-refractivity contribution is 6.20. The highest BCUT2D eigenvalue weighted by atomic mass is 35.5. The maximum absolute atomic E-state index is 15.3. The van der Waals surface area contributed by atoms with Crippen molar-refractivity contribution in [2.24, 2.45) is 41.4 Å². The van der Waals surface area contributed by atoms with Crippen LogP contribution in [0, 0.1) is 41.4 Å². The minimum Gasteiger partial charge on any atom is -0.343 e. The quantitative estimate of drug-likeness (QED) is 0.126. The van der Waals surface area contributed by atoms with Gasteiger partial charge in [0.15, 0.2) is 0 Å². The molecule has 3 saturated carbocycles. The fraction of sp³-hybridized carbons (Fsp3) is 0.843. The third-order valence-electron chi connectivity index (χ3n) is 22.9. The van der Waals surface area contributed by atoms with Gasteiger partial charge in [0, 0.05) is 72.7 Å². The molecule has 0 bridgehead atoms. The summed E-state index contributed by atoms with van der Waals surface area (Å²) in [4.78, 5) is 174. The van der Waals surface area contributed by atoms with Gasteiger partial charge in [-0.05, 0) is 153 Å². The van der Waals surface area contributed by atoms with E-state index in [0.717, 1.165) is 4.90 Å². The third kappa shape index (κ3) is 19.6. The first-order chi connectivity index (χ1) is 46.2. The van der Waals surface area contributed by atoms with E-state index in [-0.39, 0.29) is 128 Å². The summed E-state index contributed by atoms with van der Waals surface area (Å²) >= 11 is 6.38. The van der Waals surface area contributed by atoms with Crippen molar-refractivity contribution in [1.29, 1.82) is 0 Å². The second-order valence-electron chi connectivity index (χ2n) is 30.1. The van der Waals surface area contributed by atoms with E-state index in [1.54, 1.807) is 20.8 Å². The van der Waals surface area contributed by atoms with Crippen LogP contribution in [-0.2, 0) is 52.7 Å². The molecule has 6 rings (SSSR count). The zero-order valence-corrected chi connectivity index (χ0v) is 61.5. The Morgan fingerprint density at radius 3 is 1.74 bits per heavy atom. The molecule has 3 aliphatic heterocycles. The first-order valence-corrected chi connectivity index (χ1v) is 36.6. The molecule has 562 valence electrons. The van der Waals surface area contributed by atoms with E-state index in [1.165, 1.54) is 76.5 Å². The number of halogens is 7. The second kappa shape index (κ2) is 34.8. The fourth-order valence-corrected chi connectivity index (χ4v) is 16.3. The summed E-state index contributed by atoms with van der Waals surface area (Å²) in [5.74, 6) is -12.4. The SMILES string of the molecule is CC[C@H](C)[C@@H]1NC(=O)[C@H](CC(C)C)N(C)C(=O)C[C@@H](C)N(C)C(=O)[C@H]([C@@H](C)CC)N(C)C(=O)C2(CCCC2)NC(=O)[C@@H]2CCCN2C(=O)[C@H](CCC2CCC(C(F)(F)F)C(Cl)C2)NC(=O)CN(C)C(=O)[C@H](CC2CCC(C(F)(F)F)CC2)N(CC)C(=O)[C@@H]2CCN2C(=O)[C@H](C)N(C)C1=O. The number of alkyl halides is 7. The standard InChI is InChI=1S/C70H112ClF6N11O11/c1-15-41(6)57-65(97)83(12)44(9)61(93)88-34-30-52(88)64(96)86(17-3)54(38-46-22-26-47(27-23-46)69(72,73)74)63(95)81(10)39-55(89)78-50(29-25-45-24-28-48(49(71)37-45)70(75,76)77)62(94)87-33-20-21-51(87)60(92)80-68(31-18-19-32-68)67(99)85(14)58(42(7)16-2)66(98)82(11)43(8)36-56(90)84(13)53(35-40(4)5)59(91)79-57/h40-54,57-58H,15-39H2,1-14H3,(H,78,89)(H,79,91)(H,80,92)/t41-,42-,43+,44-,45?,46?,47?,48?,49?,50-,51-,52-,53-,54-,57-,58-/m0/s1. The van der Waals surface area contributed by atoms with Gasteiger partial charge >= 0.3 is 12.4 Å². The lowest BCUT2D eigenvalue weighted by Crippen LogP contribution is -2.65. The molecule has 11 amide bonds. The molecule has 3 heterocycles. The van der Waals surface area contributed by atoms with Crippen molar-refractivity contribution in [2.45, 2.75) is 275 Å². The maximum atomic E-state index is 15.3. The van der Waals surface area contributed by atoms with Gasteiger partial charge in [0.05, 0.1) is 18.4 Å². The Bertz CT molecular complexity index is 2880. The number of nitrogens with one attached hydrogen (secondary N) is 3. The van der Waals surface area contributed by atoms with Gasteiger partial charge in [0.1, 0.15) is 53.9 Å². The van der Waals surface area contributed by atoms with Crippen molar-refractivity contribution in [1.82, 2.24) is 55.1 Å². The summed E-state index contributed by atoms with van der Waals surface area (Å²) < 4.78 is 84.0. The summed E-state index contributed by atoms with van der Waals surface area (Å²) in [6, 6.07) is -10.5. The zero-order valence-electron chi connectivity index (χ0n) is 60.7. The van der Waals surface area contributed by atoms with E-state index in [4.69, 9.17) is 11.6 Å². The van der Waals surface area contributed by atoms with Crippen molar-refractivity contribution >= 4 is 76.6 Å². The van der Waals surface area contributed by atoms with Gasteiger partial charge in [-0.2, -0.15) is 26.3 Å². The topological polar surface area (TPSA) is 250 Å². The van der Waals surface area contributed by atoms with Gasteiger partial charge in [-0.15, -0.1) is 11.6 Å². The van der Waals surface area contributed by atoms with E-state index in [0.29, 0.717) is 32.1 Å². The van der Waals surface area contributed by atoms with E-state index in [1.807, 2.05) is 34.6 Å². The number of likely N-dealkylation sites (N-methyl/N-ethyl adjacent to an activating group) is 6. The Kier molecular flexibility index (Phi) is 28.8. The molecule has 3 N–H and O–H groups in total. The van der Waals surface area contributed by atoms with Crippen LogP contribution in [0.1, 0.15) is 197 Å². The summed E-state index contributed by atoms with van der Waals surface area (Å²) in [6.45, 7) is 15.0. The van der Waals surface area contributed by atoms with E-state index in [9.17, 15) is 59.9 Å². The molecule has 14 atom stereocenters. The number of carbonyl (C=O) groups is 11. The zero-order chi connectivity index (χ0) is 74.1. The lowest BCUT2D eigenvalue weighted by molar-refractivity contribution is -0.184. The van der Waals surface area contributed by atoms with Crippen molar-refractivity contribution in [2.75, 3.05) is 61.4 Å². The molecule has 99 heavy (non-hydrogen) atoms. The van der Waals surface area contributed by atoms with Crippen LogP contribution >= 0.6 is 11.6 Å². The molecule has 29 heteroatoms. The second-order valence-corrected chi connectivity index (χ2v) is 30.6. The number of amides is 11. The summed E-state index contributed by atoms with van der Waals surface area (Å²) in [5, 5.41) is 7.46. The molecule has 0 aromatic carbocycles. The molecule has 6 fully saturated rings. The van der Waals surface area contributed by atoms with Crippen LogP contribution in [0.15, 0.2) is 0 Å². The Balaban J connectivity index is 1.41. The van der Waals surface area contributed by atoms with Crippen molar-refractivity contribution in [3.8, 4) is 0 Å². The summed E-state index contributed by atoms with van der Waals surface area (Å²) in [5.41, 5.74) is -1.53. The van der Waals surface area contributed by atoms with Crippen LogP contribution in [0.2, 0.25) is 0 Å². The Morgan fingerprint density at radius 1 is 0.586 bits per heavy atom. The molecular formula is C70H112ClF6N11O11. The third-order valence-corrected chi connectivity index (χ3v) is 23.4. The van der Waals surface area contributed by atoms with Gasteiger partial charge in [-0.25, -0.2) is 0 Å². The van der Waals surface area contributed by atoms with Gasteiger partial charge < -0.3 is 55.1 Å². The number of carbonyl (C=O) groups excluding carboxylic acids is 11. The summed E-state index contributed by atoms with van der Waals surface area (Å²) in [7, 11) is 7.20. The van der Waals surface area contributed by atoms with Crippen LogP contribution in [-0.4, -0.2) is 243 Å². The Labute approximate surface area is 586 Å². The fourth-order valence-electron chi connectivity index (χ4n) is 15.7. The molecule has 0 aromatic heterocycles. The minimum atomic E-state index is -4.54. The van der Waals surface area contributed by atoms with Gasteiger partial charge in [0.25, 0.3) is 0 Å². The molecule has 3 aliphatic carbocycles. The van der Waals surface area contributed by atoms with E-state index >= 15 is 19.2 Å². The highest BCUT2D eigenvalue weighted by Gasteiger charge is 2.53. The first-order valence-electron chi connectivity index (χ1n) is 36.2. The Morgan fingerprint density at radius 2 is 1.19 bits per heavy atom. The molecular weight excluding hydrogens is 1320 g/mol. The normalized spacial score (nSPS) is 32.0. The lowest BCUT2D eigenvalue weighted by atomic mass is 9.78. The number of hydrogen-bond acceptors (Lipinski definition) is 11. The Hall–Kier alpha value is -5.96. The molecule has 3 saturated heterocycles. The van der Waals surface area contributed by atoms with Gasteiger partial charge in [-0.3, -0.25) is 52.7 Å². The lowest BCUT2D eigenvalue weighted by Gasteiger charge is -2.46. The van der Waals surface area contributed by atoms with Crippen LogP contribution < -0.4 is 16.0 Å². The number of rotatable bonds is 12. The minimum absolute atomic E-state index is 0.0336. The van der Waals surface area contributed by atoms with E-state index < -0.39 is 185 Å². The molecule has 1 spiro atoms. The van der Waals surface area contributed by atoms with Crippen molar-refractivity contribution < 1.29 is 79.1 Å². The number of fused-ring (bicyclic) bond motifs is 2. The average Bonchev–Trinajstić information content (AvgIpc) is 1.64. The molecule has 3 unspecified atom stereocenters. The van der Waals surface area contributed by atoms with Crippen LogP contribution in [0.4, 0.5) is 26.3 Å². The van der Waals surface area contributed by atoms with Crippen LogP contribution in [0.5, 0.6) is 0 Å². The van der Waals surface area contributed by atoms with Crippen molar-refractivity contribution in [3.05, 3.63) is 0 Å². The summed E-state index contributed by atoms with van der Waals surface area (Å²) in [6.07, 6.45) is -6.81. The van der Waals surface area contributed by atoms with Crippen LogP contribution in [0.3, 0.4) is 0 Å². The predicted octanol–water partition coefficient (Wildman–Crippen LogP) is 7.67. The number of hydrogen-bond donors (Lipinski definition) is 3. The monoisotopic (exact) mass is 1430 g/mol. The molecule has 6 aliphatic rings. The smallest absolute Gasteiger partial charge is 0.343 e. The van der Waals surface area contributed by atoms with Gasteiger partial charge in [-0.1, -0.05) is 67.2 Å².